The van der Waals surface area contributed by atoms with E-state index in [9.17, 15) is 9.18 Å². The van der Waals surface area contributed by atoms with Crippen molar-refractivity contribution in [3.8, 4) is 0 Å². The number of amides is 1. The molecule has 0 aliphatic carbocycles. The fourth-order valence-corrected chi connectivity index (χ4v) is 1.30. The number of H-pyrrole nitrogens is 1. The van der Waals surface area contributed by atoms with Crippen molar-refractivity contribution < 1.29 is 9.18 Å². The van der Waals surface area contributed by atoms with Gasteiger partial charge in [0.05, 0.1) is 6.42 Å². The van der Waals surface area contributed by atoms with E-state index in [-0.39, 0.29) is 24.7 Å². The third kappa shape index (κ3) is 3.07. The summed E-state index contributed by atoms with van der Waals surface area (Å²) >= 11 is 0. The molecular formula is C10H10FN5O. The zero-order valence-electron chi connectivity index (χ0n) is 8.85. The Balaban J connectivity index is 1.86. The molecule has 7 heteroatoms. The second kappa shape index (κ2) is 5.15. The molecule has 2 aromatic rings. The van der Waals surface area contributed by atoms with E-state index in [1.54, 1.807) is 18.2 Å². The Bertz CT molecular complexity index is 499. The van der Waals surface area contributed by atoms with Crippen molar-refractivity contribution in [2.75, 3.05) is 0 Å². The SMILES string of the molecule is O=C(Cc1nn[nH]n1)NCc1ccccc1F. The van der Waals surface area contributed by atoms with Crippen molar-refractivity contribution in [1.82, 2.24) is 25.9 Å². The highest BCUT2D eigenvalue weighted by Gasteiger charge is 2.08. The highest BCUT2D eigenvalue weighted by atomic mass is 19.1. The minimum absolute atomic E-state index is 0.0188. The van der Waals surface area contributed by atoms with Crippen LogP contribution in [0.2, 0.25) is 0 Å². The summed E-state index contributed by atoms with van der Waals surface area (Å²) in [7, 11) is 0. The molecule has 6 nitrogen and oxygen atoms in total. The van der Waals surface area contributed by atoms with Crippen molar-refractivity contribution in [1.29, 1.82) is 0 Å². The predicted molar refractivity (Wildman–Crippen MR) is 56.1 cm³/mol. The first-order valence-corrected chi connectivity index (χ1v) is 4.98. The van der Waals surface area contributed by atoms with Crippen LogP contribution in [0, 0.1) is 5.82 Å². The Morgan fingerprint density at radius 3 is 2.94 bits per heavy atom. The van der Waals surface area contributed by atoms with Crippen LogP contribution in [0.1, 0.15) is 11.4 Å². The number of nitrogens with one attached hydrogen (secondary N) is 2. The molecule has 2 N–H and O–H groups in total. The highest BCUT2D eigenvalue weighted by Crippen LogP contribution is 2.05. The molecule has 0 spiro atoms. The van der Waals surface area contributed by atoms with Crippen molar-refractivity contribution in [2.45, 2.75) is 13.0 Å². The number of carbonyl (C=O) groups excluding carboxylic acids is 1. The van der Waals surface area contributed by atoms with Crippen LogP contribution >= 0.6 is 0 Å². The first-order valence-electron chi connectivity index (χ1n) is 4.98. The van der Waals surface area contributed by atoms with Crippen LogP contribution in [0.5, 0.6) is 0 Å². The quantitative estimate of drug-likeness (QED) is 0.792. The third-order valence-electron chi connectivity index (χ3n) is 2.14. The van der Waals surface area contributed by atoms with Gasteiger partial charge in [-0.1, -0.05) is 23.4 Å². The largest absolute Gasteiger partial charge is 0.352 e. The summed E-state index contributed by atoms with van der Waals surface area (Å²) in [6.45, 7) is 0.142. The topological polar surface area (TPSA) is 83.6 Å². The van der Waals surface area contributed by atoms with Gasteiger partial charge in [-0.05, 0) is 6.07 Å². The predicted octanol–water partition coefficient (Wildman–Crippen LogP) is 0.198. The lowest BCUT2D eigenvalue weighted by atomic mass is 10.2. The van der Waals surface area contributed by atoms with Gasteiger partial charge in [-0.3, -0.25) is 4.79 Å². The van der Waals surface area contributed by atoms with E-state index in [4.69, 9.17) is 0 Å². The van der Waals surface area contributed by atoms with Gasteiger partial charge in [0.2, 0.25) is 5.91 Å². The average molecular weight is 235 g/mol. The van der Waals surface area contributed by atoms with Crippen LogP contribution in [0.25, 0.3) is 0 Å². The third-order valence-corrected chi connectivity index (χ3v) is 2.14. The van der Waals surface area contributed by atoms with E-state index >= 15 is 0 Å². The molecule has 2 rings (SSSR count). The van der Waals surface area contributed by atoms with Gasteiger partial charge < -0.3 is 5.32 Å². The number of halogens is 1. The molecule has 0 bridgehead atoms. The minimum Gasteiger partial charge on any atom is -0.352 e. The lowest BCUT2D eigenvalue weighted by Crippen LogP contribution is -2.25. The average Bonchev–Trinajstić information content (AvgIpc) is 2.81. The number of tetrazole rings is 1. The molecule has 0 radical (unpaired) electrons. The van der Waals surface area contributed by atoms with E-state index in [1.807, 2.05) is 0 Å². The Kier molecular flexibility index (Phi) is 3.39. The number of benzene rings is 1. The van der Waals surface area contributed by atoms with E-state index in [0.29, 0.717) is 11.4 Å². The monoisotopic (exact) mass is 235 g/mol. The molecule has 0 atom stereocenters. The standard InChI is InChI=1S/C10H10FN5O/c11-8-4-2-1-3-7(8)6-12-10(17)5-9-13-15-16-14-9/h1-4H,5-6H2,(H,12,17)(H,13,14,15,16). The van der Waals surface area contributed by atoms with Crippen LogP contribution in [0.4, 0.5) is 4.39 Å². The molecule has 0 saturated heterocycles. The number of aromatic amines is 1. The maximum atomic E-state index is 13.2. The Labute approximate surface area is 96.2 Å². The lowest BCUT2D eigenvalue weighted by Gasteiger charge is -2.04. The molecule has 1 heterocycles. The molecule has 1 aromatic carbocycles. The summed E-state index contributed by atoms with van der Waals surface area (Å²) in [5.74, 6) is -0.321. The summed E-state index contributed by atoms with van der Waals surface area (Å²) in [5.41, 5.74) is 0.439. The number of hydrogen-bond donors (Lipinski definition) is 2. The summed E-state index contributed by atoms with van der Waals surface area (Å²) < 4.78 is 13.2. The summed E-state index contributed by atoms with van der Waals surface area (Å²) in [6.07, 6.45) is 0.0188. The number of carbonyl (C=O) groups is 1. The minimum atomic E-state index is -0.340. The van der Waals surface area contributed by atoms with Crippen molar-refractivity contribution in [2.24, 2.45) is 0 Å². The fraction of sp³-hybridized carbons (Fsp3) is 0.200. The van der Waals surface area contributed by atoms with E-state index < -0.39 is 0 Å². The molecule has 0 unspecified atom stereocenters. The first kappa shape index (κ1) is 11.2. The van der Waals surface area contributed by atoms with Gasteiger partial charge in [0.15, 0.2) is 5.82 Å². The fourth-order valence-electron chi connectivity index (χ4n) is 1.30. The smallest absolute Gasteiger partial charge is 0.228 e. The van der Waals surface area contributed by atoms with E-state index in [2.05, 4.69) is 25.9 Å². The van der Waals surface area contributed by atoms with E-state index in [0.717, 1.165) is 0 Å². The molecule has 0 aliphatic heterocycles. The molecule has 0 saturated carbocycles. The molecular weight excluding hydrogens is 225 g/mol. The number of aromatic nitrogens is 4. The van der Waals surface area contributed by atoms with Crippen LogP contribution in [-0.2, 0) is 17.8 Å². The number of rotatable bonds is 4. The Morgan fingerprint density at radius 1 is 1.41 bits per heavy atom. The number of nitrogens with zero attached hydrogens (tertiary/aromatic N) is 3. The summed E-state index contributed by atoms with van der Waals surface area (Å²) in [5, 5.41) is 15.4. The second-order valence-corrected chi connectivity index (χ2v) is 3.37. The van der Waals surface area contributed by atoms with Crippen molar-refractivity contribution in [3.63, 3.8) is 0 Å². The lowest BCUT2D eigenvalue weighted by molar-refractivity contribution is -0.120. The number of hydrogen-bond acceptors (Lipinski definition) is 4. The maximum absolute atomic E-state index is 13.2. The van der Waals surface area contributed by atoms with Gasteiger partial charge in [0, 0.05) is 12.1 Å². The Hall–Kier alpha value is -2.31. The van der Waals surface area contributed by atoms with Crippen molar-refractivity contribution >= 4 is 5.91 Å². The second-order valence-electron chi connectivity index (χ2n) is 3.37. The molecule has 17 heavy (non-hydrogen) atoms. The van der Waals surface area contributed by atoms with Crippen LogP contribution < -0.4 is 5.32 Å². The highest BCUT2D eigenvalue weighted by molar-refractivity contribution is 5.77. The van der Waals surface area contributed by atoms with Crippen LogP contribution in [0.15, 0.2) is 24.3 Å². The van der Waals surface area contributed by atoms with Crippen LogP contribution in [-0.4, -0.2) is 26.5 Å². The molecule has 88 valence electrons. The van der Waals surface area contributed by atoms with Gasteiger partial charge in [0.25, 0.3) is 0 Å². The maximum Gasteiger partial charge on any atom is 0.228 e. The van der Waals surface area contributed by atoms with E-state index in [1.165, 1.54) is 6.07 Å². The van der Waals surface area contributed by atoms with Gasteiger partial charge in [-0.2, -0.15) is 5.21 Å². The molecule has 1 aromatic heterocycles. The summed E-state index contributed by atoms with van der Waals surface area (Å²) in [6, 6.07) is 6.27. The summed E-state index contributed by atoms with van der Waals surface area (Å²) in [4.78, 5) is 11.4. The van der Waals surface area contributed by atoms with Crippen molar-refractivity contribution in [3.05, 3.63) is 41.5 Å². The van der Waals surface area contributed by atoms with Gasteiger partial charge in [-0.25, -0.2) is 4.39 Å². The first-order chi connectivity index (χ1) is 8.25. The zero-order chi connectivity index (χ0) is 12.1. The molecule has 1 amide bonds. The Morgan fingerprint density at radius 2 is 2.24 bits per heavy atom. The van der Waals surface area contributed by atoms with Gasteiger partial charge in [0.1, 0.15) is 5.82 Å². The van der Waals surface area contributed by atoms with Gasteiger partial charge in [-0.15, -0.1) is 10.2 Å². The normalized spacial score (nSPS) is 10.2. The zero-order valence-corrected chi connectivity index (χ0v) is 8.85. The van der Waals surface area contributed by atoms with Crippen LogP contribution in [0.3, 0.4) is 0 Å². The van der Waals surface area contributed by atoms with Gasteiger partial charge >= 0.3 is 0 Å². The molecule has 0 fully saturated rings. The molecule has 0 aliphatic rings.